The van der Waals surface area contributed by atoms with Crippen molar-refractivity contribution in [3.63, 3.8) is 0 Å². The van der Waals surface area contributed by atoms with Crippen molar-refractivity contribution < 1.29 is 22.5 Å². The maximum Gasteiger partial charge on any atom is 0.254 e. The first-order chi connectivity index (χ1) is 13.1. The van der Waals surface area contributed by atoms with Crippen LogP contribution in [0.5, 0.6) is 0 Å². The lowest BCUT2D eigenvalue weighted by molar-refractivity contribution is -0.00577. The smallest absolute Gasteiger partial charge is 0.254 e. The standard InChI is InChI=1S/C18H21N3O5S/c22-18(21-9-10-25-11-16(21)17-19-12-26-20-17)13-5-7-15(8-6-13)27(23,24)14-3-1-2-4-14/h5-8,12,14,16H,1-4,9-11H2/t16-/m1/s1. The molecule has 1 aliphatic carbocycles. The fourth-order valence-electron chi connectivity index (χ4n) is 3.73. The highest BCUT2D eigenvalue weighted by Gasteiger charge is 2.33. The van der Waals surface area contributed by atoms with E-state index in [4.69, 9.17) is 9.26 Å². The van der Waals surface area contributed by atoms with Gasteiger partial charge >= 0.3 is 0 Å². The largest absolute Gasteiger partial charge is 0.377 e. The van der Waals surface area contributed by atoms with Crippen LogP contribution in [-0.2, 0) is 14.6 Å². The van der Waals surface area contributed by atoms with Crippen LogP contribution in [0.25, 0.3) is 0 Å². The van der Waals surface area contributed by atoms with Gasteiger partial charge in [-0.15, -0.1) is 0 Å². The molecule has 2 fully saturated rings. The summed E-state index contributed by atoms with van der Waals surface area (Å²) < 4.78 is 35.6. The molecule has 9 heteroatoms. The molecule has 1 aromatic heterocycles. The van der Waals surface area contributed by atoms with Gasteiger partial charge in [-0.2, -0.15) is 4.98 Å². The first-order valence-electron chi connectivity index (χ1n) is 9.06. The number of hydrogen-bond acceptors (Lipinski definition) is 7. The Hall–Kier alpha value is -2.26. The van der Waals surface area contributed by atoms with Crippen molar-refractivity contribution in [1.29, 1.82) is 0 Å². The Kier molecular flexibility index (Phi) is 4.96. The second kappa shape index (κ2) is 7.40. The van der Waals surface area contributed by atoms with Crippen LogP contribution < -0.4 is 0 Å². The Morgan fingerprint density at radius 3 is 2.56 bits per heavy atom. The minimum Gasteiger partial charge on any atom is -0.377 e. The molecule has 1 atom stereocenters. The van der Waals surface area contributed by atoms with Gasteiger partial charge in [-0.1, -0.05) is 18.0 Å². The van der Waals surface area contributed by atoms with Crippen molar-refractivity contribution in [1.82, 2.24) is 15.0 Å². The van der Waals surface area contributed by atoms with E-state index in [0.717, 1.165) is 12.8 Å². The van der Waals surface area contributed by atoms with Gasteiger partial charge in [0.2, 0.25) is 6.39 Å². The molecule has 27 heavy (non-hydrogen) atoms. The van der Waals surface area contributed by atoms with Crippen molar-refractivity contribution in [3.05, 3.63) is 42.0 Å². The predicted octanol–water partition coefficient (Wildman–Crippen LogP) is 2.00. The monoisotopic (exact) mass is 391 g/mol. The Balaban J connectivity index is 1.55. The molecule has 2 heterocycles. The molecule has 0 spiro atoms. The SMILES string of the molecule is O=C(c1ccc(S(=O)(=O)C2CCCC2)cc1)N1CCOC[C@@H]1c1ncon1. The number of nitrogens with zero attached hydrogens (tertiary/aromatic N) is 3. The maximum atomic E-state index is 13.0. The maximum absolute atomic E-state index is 13.0. The Morgan fingerprint density at radius 2 is 1.89 bits per heavy atom. The van der Waals surface area contributed by atoms with Crippen molar-refractivity contribution in [2.75, 3.05) is 19.8 Å². The summed E-state index contributed by atoms with van der Waals surface area (Å²) in [5, 5.41) is 3.51. The molecule has 4 rings (SSSR count). The van der Waals surface area contributed by atoms with Crippen LogP contribution >= 0.6 is 0 Å². The quantitative estimate of drug-likeness (QED) is 0.785. The van der Waals surface area contributed by atoms with E-state index < -0.39 is 15.9 Å². The highest BCUT2D eigenvalue weighted by atomic mass is 32.2. The van der Waals surface area contributed by atoms with Gasteiger partial charge in [0.15, 0.2) is 15.7 Å². The summed E-state index contributed by atoms with van der Waals surface area (Å²) in [4.78, 5) is 18.9. The topological polar surface area (TPSA) is 103 Å². The second-order valence-electron chi connectivity index (χ2n) is 6.85. The van der Waals surface area contributed by atoms with Gasteiger partial charge in [0, 0.05) is 12.1 Å². The second-order valence-corrected chi connectivity index (χ2v) is 9.08. The minimum atomic E-state index is -3.33. The number of amides is 1. The Bertz CT molecular complexity index is 890. The molecule has 1 saturated carbocycles. The molecule has 0 bridgehead atoms. The fourth-order valence-corrected chi connectivity index (χ4v) is 5.58. The van der Waals surface area contributed by atoms with E-state index in [1.807, 2.05) is 0 Å². The number of hydrogen-bond donors (Lipinski definition) is 0. The average molecular weight is 391 g/mol. The number of carbonyl (C=O) groups is 1. The molecular formula is C18H21N3O5S. The first kappa shape index (κ1) is 18.1. The van der Waals surface area contributed by atoms with Crippen LogP contribution in [0.1, 0.15) is 47.9 Å². The van der Waals surface area contributed by atoms with Crippen LogP contribution in [0.15, 0.2) is 40.1 Å². The van der Waals surface area contributed by atoms with Crippen LogP contribution in [0.2, 0.25) is 0 Å². The molecule has 1 saturated heterocycles. The molecule has 1 aliphatic heterocycles. The summed E-state index contributed by atoms with van der Waals surface area (Å²) in [5.41, 5.74) is 0.427. The number of ether oxygens (including phenoxy) is 1. The molecule has 144 valence electrons. The average Bonchev–Trinajstić information content (AvgIpc) is 3.41. The molecule has 2 aliphatic rings. The van der Waals surface area contributed by atoms with Crippen LogP contribution in [0.3, 0.4) is 0 Å². The zero-order valence-electron chi connectivity index (χ0n) is 14.8. The molecule has 0 N–H and O–H groups in total. The molecule has 1 aromatic carbocycles. The first-order valence-corrected chi connectivity index (χ1v) is 10.6. The summed E-state index contributed by atoms with van der Waals surface area (Å²) in [5.74, 6) is 0.182. The molecule has 2 aromatic rings. The van der Waals surface area contributed by atoms with E-state index >= 15 is 0 Å². The van der Waals surface area contributed by atoms with E-state index in [1.165, 1.54) is 18.5 Å². The molecule has 1 amide bonds. The minimum absolute atomic E-state index is 0.210. The lowest BCUT2D eigenvalue weighted by Gasteiger charge is -2.33. The van der Waals surface area contributed by atoms with Crippen molar-refractivity contribution in [2.24, 2.45) is 0 Å². The van der Waals surface area contributed by atoms with Gasteiger partial charge in [-0.25, -0.2) is 8.42 Å². The third-order valence-electron chi connectivity index (χ3n) is 5.24. The van der Waals surface area contributed by atoms with Crippen molar-refractivity contribution in [2.45, 2.75) is 41.9 Å². The van der Waals surface area contributed by atoms with Crippen LogP contribution in [0, 0.1) is 0 Å². The number of morpholine rings is 1. The lowest BCUT2D eigenvalue weighted by Crippen LogP contribution is -2.43. The van der Waals surface area contributed by atoms with Gasteiger partial charge in [-0.3, -0.25) is 4.79 Å². The lowest BCUT2D eigenvalue weighted by atomic mass is 10.1. The fraction of sp³-hybridized carbons (Fsp3) is 0.500. The van der Waals surface area contributed by atoms with Crippen molar-refractivity contribution >= 4 is 15.7 Å². The normalized spacial score (nSPS) is 21.5. The van der Waals surface area contributed by atoms with Crippen LogP contribution in [0.4, 0.5) is 0 Å². The van der Waals surface area contributed by atoms with E-state index in [2.05, 4.69) is 10.1 Å². The van der Waals surface area contributed by atoms with Gasteiger partial charge < -0.3 is 14.2 Å². The number of benzene rings is 1. The number of aromatic nitrogens is 2. The summed E-state index contributed by atoms with van der Waals surface area (Å²) in [6.45, 7) is 1.12. The Labute approximate surface area is 157 Å². The predicted molar refractivity (Wildman–Crippen MR) is 94.8 cm³/mol. The Morgan fingerprint density at radius 1 is 1.15 bits per heavy atom. The highest BCUT2D eigenvalue weighted by Crippen LogP contribution is 2.30. The van der Waals surface area contributed by atoms with E-state index in [-0.39, 0.29) is 16.1 Å². The molecular weight excluding hydrogens is 370 g/mol. The van der Waals surface area contributed by atoms with Gasteiger partial charge in [0.1, 0.15) is 6.04 Å². The number of sulfone groups is 1. The summed E-state index contributed by atoms with van der Waals surface area (Å²) >= 11 is 0. The number of rotatable bonds is 4. The molecule has 0 radical (unpaired) electrons. The van der Waals surface area contributed by atoms with E-state index in [0.29, 0.717) is 44.0 Å². The van der Waals surface area contributed by atoms with Crippen LogP contribution in [-0.4, -0.2) is 54.4 Å². The van der Waals surface area contributed by atoms with Gasteiger partial charge in [-0.05, 0) is 37.1 Å². The highest BCUT2D eigenvalue weighted by molar-refractivity contribution is 7.92. The summed E-state index contributed by atoms with van der Waals surface area (Å²) in [7, 11) is -3.33. The van der Waals surface area contributed by atoms with Gasteiger partial charge in [0.05, 0.1) is 23.4 Å². The molecule has 0 unspecified atom stereocenters. The summed E-state index contributed by atoms with van der Waals surface area (Å²) in [6, 6.07) is 5.79. The van der Waals surface area contributed by atoms with Crippen molar-refractivity contribution in [3.8, 4) is 0 Å². The zero-order valence-corrected chi connectivity index (χ0v) is 15.6. The van der Waals surface area contributed by atoms with E-state index in [9.17, 15) is 13.2 Å². The third kappa shape index (κ3) is 3.49. The van der Waals surface area contributed by atoms with Gasteiger partial charge in [0.25, 0.3) is 5.91 Å². The third-order valence-corrected chi connectivity index (χ3v) is 7.51. The number of carbonyl (C=O) groups excluding carboxylic acids is 1. The zero-order chi connectivity index (χ0) is 18.9. The summed E-state index contributed by atoms with van der Waals surface area (Å²) in [6.07, 6.45) is 4.55. The molecule has 8 nitrogen and oxygen atoms in total. The van der Waals surface area contributed by atoms with E-state index in [1.54, 1.807) is 17.0 Å².